The van der Waals surface area contributed by atoms with E-state index in [1.165, 1.54) is 16.2 Å². The van der Waals surface area contributed by atoms with Crippen molar-refractivity contribution < 1.29 is 9.59 Å². The summed E-state index contributed by atoms with van der Waals surface area (Å²) >= 11 is 1.20. The van der Waals surface area contributed by atoms with E-state index < -0.39 is 0 Å². The average Bonchev–Trinajstić information content (AvgIpc) is 2.72. The number of nitrogens with zero attached hydrogens (tertiary/aromatic N) is 2. The van der Waals surface area contributed by atoms with Gasteiger partial charge in [0.1, 0.15) is 5.69 Å². The van der Waals surface area contributed by atoms with Crippen molar-refractivity contribution >= 4 is 28.3 Å². The molecule has 0 aromatic carbocycles. The Morgan fingerprint density at radius 2 is 2.29 bits per heavy atom. The van der Waals surface area contributed by atoms with Gasteiger partial charge in [0.2, 0.25) is 5.91 Å². The zero-order valence-electron chi connectivity index (χ0n) is 9.90. The molecule has 0 aliphatic rings. The Hall–Kier alpha value is -1.63. The second-order valence-electron chi connectivity index (χ2n) is 3.58. The lowest BCUT2D eigenvalue weighted by Gasteiger charge is -2.15. The Balaban J connectivity index is 2.50. The third kappa shape index (κ3) is 4.03. The van der Waals surface area contributed by atoms with Gasteiger partial charge >= 0.3 is 0 Å². The third-order valence-electron chi connectivity index (χ3n) is 2.04. The summed E-state index contributed by atoms with van der Waals surface area (Å²) in [6, 6.07) is 0. The van der Waals surface area contributed by atoms with E-state index in [-0.39, 0.29) is 24.1 Å². The first kappa shape index (κ1) is 13.4. The van der Waals surface area contributed by atoms with Crippen molar-refractivity contribution in [1.29, 1.82) is 0 Å². The van der Waals surface area contributed by atoms with Gasteiger partial charge in [0.05, 0.1) is 6.54 Å². The molecular weight excluding hydrogens is 240 g/mol. The second kappa shape index (κ2) is 6.19. The number of nitrogens with one attached hydrogen (secondary N) is 1. The minimum Gasteiger partial charge on any atom is -0.375 e. The number of amides is 2. The summed E-state index contributed by atoms with van der Waals surface area (Å²) < 4.78 is 0. The van der Waals surface area contributed by atoms with Crippen molar-refractivity contribution in [2.75, 3.05) is 25.9 Å². The van der Waals surface area contributed by atoms with E-state index in [0.717, 1.165) is 6.42 Å². The number of carbonyl (C=O) groups excluding carboxylic acids is 2. The topological polar surface area (TPSA) is 88.3 Å². The molecule has 1 aromatic rings. The molecule has 1 aromatic heterocycles. The molecule has 1 rings (SSSR count). The number of nitrogens with two attached hydrogens (primary N) is 1. The average molecular weight is 256 g/mol. The van der Waals surface area contributed by atoms with Crippen molar-refractivity contribution in [2.45, 2.75) is 13.3 Å². The van der Waals surface area contributed by atoms with Crippen LogP contribution in [0.5, 0.6) is 0 Å². The standard InChI is InChI=1S/C10H16N4O2S/c1-3-4-12-8(15)5-14(2)9(16)7-6-17-10(11)13-7/h6H,3-5H2,1-2H3,(H2,11,13)(H,12,15). The SMILES string of the molecule is CCCNC(=O)CN(C)C(=O)c1csc(N)n1. The summed E-state index contributed by atoms with van der Waals surface area (Å²) in [7, 11) is 1.56. The molecule has 3 N–H and O–H groups in total. The number of aromatic nitrogens is 1. The van der Waals surface area contributed by atoms with Crippen LogP contribution >= 0.6 is 11.3 Å². The fraction of sp³-hybridized carbons (Fsp3) is 0.500. The maximum absolute atomic E-state index is 11.8. The van der Waals surface area contributed by atoms with Crippen LogP contribution in [0.2, 0.25) is 0 Å². The van der Waals surface area contributed by atoms with Crippen LogP contribution in [0.3, 0.4) is 0 Å². The molecule has 7 heteroatoms. The largest absolute Gasteiger partial charge is 0.375 e. The molecule has 0 fully saturated rings. The molecule has 94 valence electrons. The first-order valence-corrected chi connectivity index (χ1v) is 6.15. The van der Waals surface area contributed by atoms with E-state index in [1.807, 2.05) is 6.92 Å². The number of thiazole rings is 1. The van der Waals surface area contributed by atoms with E-state index in [4.69, 9.17) is 5.73 Å². The predicted molar refractivity (Wildman–Crippen MR) is 66.8 cm³/mol. The van der Waals surface area contributed by atoms with Crippen molar-refractivity contribution in [3.8, 4) is 0 Å². The molecule has 0 saturated carbocycles. The van der Waals surface area contributed by atoms with Gasteiger partial charge in [0, 0.05) is 19.0 Å². The highest BCUT2D eigenvalue weighted by Gasteiger charge is 2.16. The van der Waals surface area contributed by atoms with Gasteiger partial charge in [-0.05, 0) is 6.42 Å². The summed E-state index contributed by atoms with van der Waals surface area (Å²) in [5.74, 6) is -0.476. The number of likely N-dealkylation sites (N-methyl/N-ethyl adjacent to an activating group) is 1. The highest BCUT2D eigenvalue weighted by Crippen LogP contribution is 2.12. The van der Waals surface area contributed by atoms with Crippen LogP contribution in [-0.2, 0) is 4.79 Å². The quantitative estimate of drug-likeness (QED) is 0.794. The van der Waals surface area contributed by atoms with Crippen LogP contribution in [0, 0.1) is 0 Å². The summed E-state index contributed by atoms with van der Waals surface area (Å²) in [4.78, 5) is 28.4. The highest BCUT2D eigenvalue weighted by molar-refractivity contribution is 7.13. The van der Waals surface area contributed by atoms with Gasteiger partial charge in [-0.25, -0.2) is 4.98 Å². The summed E-state index contributed by atoms with van der Waals surface area (Å²) in [6.07, 6.45) is 0.867. The van der Waals surface area contributed by atoms with Crippen LogP contribution < -0.4 is 11.1 Å². The lowest BCUT2D eigenvalue weighted by atomic mass is 10.4. The number of rotatable bonds is 5. The Kier molecular flexibility index (Phi) is 4.89. The van der Waals surface area contributed by atoms with Gasteiger partial charge in [0.25, 0.3) is 5.91 Å². The molecule has 0 radical (unpaired) electrons. The lowest BCUT2D eigenvalue weighted by molar-refractivity contribution is -0.121. The Morgan fingerprint density at radius 3 is 2.82 bits per heavy atom. The Labute approximate surface area is 104 Å². The van der Waals surface area contributed by atoms with Crippen LogP contribution in [-0.4, -0.2) is 41.8 Å². The van der Waals surface area contributed by atoms with Gasteiger partial charge in [-0.15, -0.1) is 11.3 Å². The smallest absolute Gasteiger partial charge is 0.273 e. The fourth-order valence-electron chi connectivity index (χ4n) is 1.19. The van der Waals surface area contributed by atoms with E-state index in [0.29, 0.717) is 11.7 Å². The van der Waals surface area contributed by atoms with Gasteiger partial charge < -0.3 is 16.0 Å². The first-order chi connectivity index (χ1) is 8.04. The van der Waals surface area contributed by atoms with Crippen molar-refractivity contribution in [1.82, 2.24) is 15.2 Å². The van der Waals surface area contributed by atoms with Gasteiger partial charge in [0.15, 0.2) is 5.13 Å². The normalized spacial score (nSPS) is 10.0. The van der Waals surface area contributed by atoms with Crippen molar-refractivity contribution in [3.05, 3.63) is 11.1 Å². The molecule has 0 bridgehead atoms. The molecular formula is C10H16N4O2S. The van der Waals surface area contributed by atoms with E-state index in [9.17, 15) is 9.59 Å². The van der Waals surface area contributed by atoms with Gasteiger partial charge in [-0.3, -0.25) is 9.59 Å². The number of hydrogen-bond donors (Lipinski definition) is 2. The zero-order valence-corrected chi connectivity index (χ0v) is 10.7. The minimum atomic E-state index is -0.301. The number of anilines is 1. The molecule has 0 spiro atoms. The third-order valence-corrected chi connectivity index (χ3v) is 2.71. The fourth-order valence-corrected chi connectivity index (χ4v) is 1.73. The molecule has 0 atom stereocenters. The minimum absolute atomic E-state index is 0.0241. The number of hydrogen-bond acceptors (Lipinski definition) is 5. The molecule has 2 amide bonds. The number of carbonyl (C=O) groups is 2. The van der Waals surface area contributed by atoms with Gasteiger partial charge in [-0.1, -0.05) is 6.92 Å². The van der Waals surface area contributed by atoms with Crippen molar-refractivity contribution in [2.24, 2.45) is 0 Å². The highest BCUT2D eigenvalue weighted by atomic mass is 32.1. The first-order valence-electron chi connectivity index (χ1n) is 5.27. The van der Waals surface area contributed by atoms with Crippen molar-refractivity contribution in [3.63, 3.8) is 0 Å². The monoisotopic (exact) mass is 256 g/mol. The molecule has 0 unspecified atom stereocenters. The van der Waals surface area contributed by atoms with Crippen LogP contribution in [0.1, 0.15) is 23.8 Å². The maximum atomic E-state index is 11.8. The summed E-state index contributed by atoms with van der Waals surface area (Å²) in [6.45, 7) is 2.61. The molecule has 17 heavy (non-hydrogen) atoms. The molecule has 0 saturated heterocycles. The molecule has 0 aliphatic heterocycles. The van der Waals surface area contributed by atoms with E-state index >= 15 is 0 Å². The van der Waals surface area contributed by atoms with Crippen LogP contribution in [0.4, 0.5) is 5.13 Å². The second-order valence-corrected chi connectivity index (χ2v) is 4.47. The van der Waals surface area contributed by atoms with Crippen LogP contribution in [0.15, 0.2) is 5.38 Å². The number of nitrogen functional groups attached to an aromatic ring is 1. The van der Waals surface area contributed by atoms with E-state index in [2.05, 4.69) is 10.3 Å². The molecule has 1 heterocycles. The predicted octanol–water partition coefficient (Wildman–Crippen LogP) is 0.323. The Bertz CT molecular complexity index is 405. The summed E-state index contributed by atoms with van der Waals surface area (Å²) in [5, 5.41) is 4.63. The summed E-state index contributed by atoms with van der Waals surface area (Å²) in [5.41, 5.74) is 5.72. The lowest BCUT2D eigenvalue weighted by Crippen LogP contribution is -2.38. The van der Waals surface area contributed by atoms with Crippen LogP contribution in [0.25, 0.3) is 0 Å². The maximum Gasteiger partial charge on any atom is 0.273 e. The zero-order chi connectivity index (χ0) is 12.8. The molecule has 6 nitrogen and oxygen atoms in total. The molecule has 0 aliphatic carbocycles. The van der Waals surface area contributed by atoms with E-state index in [1.54, 1.807) is 12.4 Å². The van der Waals surface area contributed by atoms with Gasteiger partial charge in [-0.2, -0.15) is 0 Å². The Morgan fingerprint density at radius 1 is 1.59 bits per heavy atom.